The van der Waals surface area contributed by atoms with Crippen molar-refractivity contribution < 1.29 is 22.7 Å². The van der Waals surface area contributed by atoms with Gasteiger partial charge >= 0.3 is 6.36 Å². The second-order valence-electron chi connectivity index (χ2n) is 3.48. The second kappa shape index (κ2) is 4.96. The van der Waals surface area contributed by atoms with Crippen molar-refractivity contribution in [1.82, 2.24) is 0 Å². The van der Waals surface area contributed by atoms with Crippen molar-refractivity contribution in [1.29, 1.82) is 0 Å². The largest absolute Gasteiger partial charge is 0.573 e. The molecule has 2 N–H and O–H groups in total. The van der Waals surface area contributed by atoms with Crippen LogP contribution < -0.4 is 10.5 Å². The fraction of sp³-hybridized carbons (Fsp3) is 0.0909. The SMILES string of the molecule is NC1=NC(=O)C(=Cc2ccc(OC(F)(F)F)cc2)S1. The molecule has 2 rings (SSSR count). The number of thioether (sulfide) groups is 1. The Morgan fingerprint density at radius 1 is 1.26 bits per heavy atom. The molecule has 0 aromatic heterocycles. The summed E-state index contributed by atoms with van der Waals surface area (Å²) in [6.07, 6.45) is -3.23. The van der Waals surface area contributed by atoms with E-state index in [-0.39, 0.29) is 10.9 Å². The number of ether oxygens (including phenoxy) is 1. The van der Waals surface area contributed by atoms with Crippen LogP contribution in [-0.4, -0.2) is 17.4 Å². The van der Waals surface area contributed by atoms with Gasteiger partial charge in [-0.3, -0.25) is 4.79 Å². The number of hydrogen-bond donors (Lipinski definition) is 1. The minimum Gasteiger partial charge on any atom is -0.406 e. The highest BCUT2D eigenvalue weighted by Crippen LogP contribution is 2.27. The molecule has 1 aliphatic heterocycles. The Hall–Kier alpha value is -1.96. The molecule has 0 fully saturated rings. The first-order valence-electron chi connectivity index (χ1n) is 4.97. The molecular weight excluding hydrogens is 281 g/mol. The van der Waals surface area contributed by atoms with Crippen LogP contribution in [0.3, 0.4) is 0 Å². The van der Waals surface area contributed by atoms with E-state index >= 15 is 0 Å². The van der Waals surface area contributed by atoms with Crippen molar-refractivity contribution >= 4 is 28.9 Å². The zero-order chi connectivity index (χ0) is 14.0. The minimum atomic E-state index is -4.72. The van der Waals surface area contributed by atoms with Crippen LogP contribution in [0.25, 0.3) is 6.08 Å². The molecule has 1 aliphatic rings. The maximum absolute atomic E-state index is 12.0. The van der Waals surface area contributed by atoms with E-state index in [4.69, 9.17) is 5.73 Å². The topological polar surface area (TPSA) is 64.7 Å². The average molecular weight is 288 g/mol. The summed E-state index contributed by atoms with van der Waals surface area (Å²) in [5, 5.41) is 0.147. The summed E-state index contributed by atoms with van der Waals surface area (Å²) in [5.74, 6) is -0.783. The van der Waals surface area contributed by atoms with Crippen molar-refractivity contribution in [2.24, 2.45) is 10.7 Å². The van der Waals surface area contributed by atoms with E-state index in [1.54, 1.807) is 0 Å². The summed E-state index contributed by atoms with van der Waals surface area (Å²) in [5.41, 5.74) is 5.92. The predicted octanol–water partition coefficient (Wildman–Crippen LogP) is 2.51. The van der Waals surface area contributed by atoms with Crippen molar-refractivity contribution in [2.45, 2.75) is 6.36 Å². The molecule has 100 valence electrons. The van der Waals surface area contributed by atoms with E-state index in [0.717, 1.165) is 23.9 Å². The summed E-state index contributed by atoms with van der Waals surface area (Å²) >= 11 is 1.01. The van der Waals surface area contributed by atoms with Gasteiger partial charge in [-0.25, -0.2) is 0 Å². The van der Waals surface area contributed by atoms with Gasteiger partial charge in [0.05, 0.1) is 4.91 Å². The van der Waals surface area contributed by atoms with Gasteiger partial charge in [0.25, 0.3) is 5.91 Å². The van der Waals surface area contributed by atoms with Crippen molar-refractivity contribution in [3.63, 3.8) is 0 Å². The molecule has 0 unspecified atom stereocenters. The Labute approximate surface area is 110 Å². The Bertz CT molecular complexity index is 564. The minimum absolute atomic E-state index is 0.147. The lowest BCUT2D eigenvalue weighted by Crippen LogP contribution is -2.16. The molecule has 0 saturated carbocycles. The van der Waals surface area contributed by atoms with Gasteiger partial charge in [0.15, 0.2) is 5.17 Å². The van der Waals surface area contributed by atoms with E-state index in [9.17, 15) is 18.0 Å². The monoisotopic (exact) mass is 288 g/mol. The van der Waals surface area contributed by atoms with Crippen molar-refractivity contribution in [3.8, 4) is 5.75 Å². The summed E-state index contributed by atoms with van der Waals surface area (Å²) < 4.78 is 39.6. The van der Waals surface area contributed by atoms with Gasteiger partial charge < -0.3 is 10.5 Å². The third-order valence-corrected chi connectivity index (χ3v) is 2.86. The molecule has 0 spiro atoms. The number of halogens is 3. The fourth-order valence-corrected chi connectivity index (χ4v) is 2.02. The van der Waals surface area contributed by atoms with Crippen LogP contribution in [-0.2, 0) is 4.79 Å². The first-order chi connectivity index (χ1) is 8.83. The quantitative estimate of drug-likeness (QED) is 0.849. The summed E-state index contributed by atoms with van der Waals surface area (Å²) in [6, 6.07) is 5.12. The molecule has 0 atom stereocenters. The third kappa shape index (κ3) is 3.75. The molecule has 0 bridgehead atoms. The van der Waals surface area contributed by atoms with Gasteiger partial charge in [0, 0.05) is 0 Å². The Balaban J connectivity index is 2.12. The number of rotatable bonds is 2. The van der Waals surface area contributed by atoms with E-state index in [1.165, 1.54) is 18.2 Å². The molecule has 1 aromatic rings. The smallest absolute Gasteiger partial charge is 0.406 e. The Kier molecular flexibility index (Phi) is 3.52. The number of alkyl halides is 3. The number of carbonyl (C=O) groups is 1. The number of amidine groups is 1. The summed E-state index contributed by atoms with van der Waals surface area (Å²) in [7, 11) is 0. The maximum atomic E-state index is 12.0. The van der Waals surface area contributed by atoms with Crippen LogP contribution in [0.5, 0.6) is 5.75 Å². The molecule has 8 heteroatoms. The highest BCUT2D eigenvalue weighted by molar-refractivity contribution is 8.18. The van der Waals surface area contributed by atoms with Gasteiger partial charge in [-0.2, -0.15) is 4.99 Å². The van der Waals surface area contributed by atoms with Crippen molar-refractivity contribution in [2.75, 3.05) is 0 Å². The first-order valence-corrected chi connectivity index (χ1v) is 5.79. The molecule has 1 heterocycles. The lowest BCUT2D eigenvalue weighted by atomic mass is 10.2. The molecule has 0 saturated heterocycles. The van der Waals surface area contributed by atoms with E-state index in [0.29, 0.717) is 10.5 Å². The molecule has 1 aromatic carbocycles. The maximum Gasteiger partial charge on any atom is 0.573 e. The lowest BCUT2D eigenvalue weighted by Gasteiger charge is -2.08. The molecular formula is C11H7F3N2O2S. The zero-order valence-corrected chi connectivity index (χ0v) is 10.1. The fourth-order valence-electron chi connectivity index (χ4n) is 1.34. The van der Waals surface area contributed by atoms with Gasteiger partial charge in [-0.1, -0.05) is 12.1 Å². The predicted molar refractivity (Wildman–Crippen MR) is 65.3 cm³/mol. The lowest BCUT2D eigenvalue weighted by molar-refractivity contribution is -0.274. The third-order valence-electron chi connectivity index (χ3n) is 2.05. The van der Waals surface area contributed by atoms with E-state index < -0.39 is 12.3 Å². The van der Waals surface area contributed by atoms with Crippen LogP contribution in [0, 0.1) is 0 Å². The van der Waals surface area contributed by atoms with E-state index in [1.807, 2.05) is 0 Å². The number of amides is 1. The Morgan fingerprint density at radius 3 is 2.37 bits per heavy atom. The summed E-state index contributed by atoms with van der Waals surface area (Å²) in [6.45, 7) is 0. The van der Waals surface area contributed by atoms with Crippen LogP contribution in [0.4, 0.5) is 13.2 Å². The molecule has 0 radical (unpaired) electrons. The summed E-state index contributed by atoms with van der Waals surface area (Å²) in [4.78, 5) is 15.1. The standard InChI is InChI=1S/C11H7F3N2O2S/c12-11(13,14)18-7-3-1-6(2-4-7)5-8-9(17)16-10(15)19-8/h1-5H,(H2,15,16,17). The zero-order valence-electron chi connectivity index (χ0n) is 9.27. The average Bonchev–Trinajstić information content (AvgIpc) is 2.58. The van der Waals surface area contributed by atoms with Crippen LogP contribution in [0.2, 0.25) is 0 Å². The molecule has 19 heavy (non-hydrogen) atoms. The molecule has 4 nitrogen and oxygen atoms in total. The second-order valence-corrected chi connectivity index (χ2v) is 4.54. The Morgan fingerprint density at radius 2 is 1.89 bits per heavy atom. The van der Waals surface area contributed by atoms with Crippen LogP contribution >= 0.6 is 11.8 Å². The van der Waals surface area contributed by atoms with E-state index in [2.05, 4.69) is 9.73 Å². The van der Waals surface area contributed by atoms with Gasteiger partial charge in [-0.15, -0.1) is 13.2 Å². The number of nitrogens with zero attached hydrogens (tertiary/aromatic N) is 1. The number of hydrogen-bond acceptors (Lipinski definition) is 4. The molecule has 1 amide bonds. The number of benzene rings is 1. The highest BCUT2D eigenvalue weighted by Gasteiger charge is 2.30. The molecule has 0 aliphatic carbocycles. The normalized spacial score (nSPS) is 17.7. The van der Waals surface area contributed by atoms with Gasteiger partial charge in [0.1, 0.15) is 5.75 Å². The van der Waals surface area contributed by atoms with Gasteiger partial charge in [-0.05, 0) is 35.5 Å². The number of carbonyl (C=O) groups excluding carboxylic acids is 1. The number of aliphatic imine (C=N–C) groups is 1. The van der Waals surface area contributed by atoms with Gasteiger partial charge in [0.2, 0.25) is 0 Å². The number of nitrogens with two attached hydrogens (primary N) is 1. The highest BCUT2D eigenvalue weighted by atomic mass is 32.2. The van der Waals surface area contributed by atoms with Crippen molar-refractivity contribution in [3.05, 3.63) is 34.7 Å². The van der Waals surface area contributed by atoms with Crippen LogP contribution in [0.15, 0.2) is 34.2 Å². The first kappa shape index (κ1) is 13.5. The van der Waals surface area contributed by atoms with Crippen LogP contribution in [0.1, 0.15) is 5.56 Å².